The monoisotopic (exact) mass is 363 g/mol. The maximum Gasteiger partial charge on any atom is 0.337 e. The van der Waals surface area contributed by atoms with Gasteiger partial charge in [-0.25, -0.2) is 4.79 Å². The topological polar surface area (TPSA) is 107 Å². The van der Waals surface area contributed by atoms with Crippen molar-refractivity contribution >= 4 is 17.7 Å². The molecule has 2 heterocycles. The molecule has 2 aromatic heterocycles. The SMILES string of the molecule is N#Cc1c(-c2ccccc2)cc(=O)[nH]c1SCc1cncc(C(=O)O)c1. The Morgan fingerprint density at radius 3 is 2.69 bits per heavy atom. The number of carboxylic acids is 1. The number of hydrogen-bond donors (Lipinski definition) is 2. The molecule has 0 fully saturated rings. The van der Waals surface area contributed by atoms with Gasteiger partial charge in [0.1, 0.15) is 6.07 Å². The number of rotatable bonds is 5. The van der Waals surface area contributed by atoms with Crippen LogP contribution in [0.2, 0.25) is 0 Å². The minimum Gasteiger partial charge on any atom is -0.478 e. The van der Waals surface area contributed by atoms with E-state index in [-0.39, 0.29) is 11.1 Å². The summed E-state index contributed by atoms with van der Waals surface area (Å²) in [4.78, 5) is 29.7. The number of H-pyrrole nitrogens is 1. The van der Waals surface area contributed by atoms with E-state index in [9.17, 15) is 14.9 Å². The van der Waals surface area contributed by atoms with E-state index in [1.807, 2.05) is 30.3 Å². The van der Waals surface area contributed by atoms with Gasteiger partial charge in [0.2, 0.25) is 5.56 Å². The molecular weight excluding hydrogens is 350 g/mol. The third kappa shape index (κ3) is 3.82. The Morgan fingerprint density at radius 2 is 2.00 bits per heavy atom. The van der Waals surface area contributed by atoms with Gasteiger partial charge < -0.3 is 10.1 Å². The third-order valence-electron chi connectivity index (χ3n) is 3.63. The van der Waals surface area contributed by atoms with Crippen LogP contribution in [-0.2, 0) is 5.75 Å². The van der Waals surface area contributed by atoms with Crippen LogP contribution in [0.1, 0.15) is 21.5 Å². The molecule has 3 rings (SSSR count). The van der Waals surface area contributed by atoms with E-state index in [2.05, 4.69) is 16.0 Å². The average molecular weight is 363 g/mol. The molecule has 1 aromatic carbocycles. The number of nitrogens with one attached hydrogen (secondary N) is 1. The standard InChI is InChI=1S/C19H13N3O3S/c20-8-16-15(13-4-2-1-3-5-13)7-17(23)22-18(16)26-11-12-6-14(19(24)25)10-21-9-12/h1-7,9-10H,11H2,(H,22,23)(H,24,25). The molecule has 0 bridgehead atoms. The summed E-state index contributed by atoms with van der Waals surface area (Å²) < 4.78 is 0. The minimum absolute atomic E-state index is 0.0927. The van der Waals surface area contributed by atoms with Crippen molar-refractivity contribution in [1.29, 1.82) is 5.26 Å². The molecule has 26 heavy (non-hydrogen) atoms. The van der Waals surface area contributed by atoms with E-state index in [1.165, 1.54) is 30.1 Å². The molecule has 7 heteroatoms. The fourth-order valence-corrected chi connectivity index (χ4v) is 3.38. The van der Waals surface area contributed by atoms with Crippen molar-refractivity contribution in [2.45, 2.75) is 10.8 Å². The number of thioether (sulfide) groups is 1. The molecule has 0 saturated heterocycles. The van der Waals surface area contributed by atoms with Gasteiger partial charge in [-0.2, -0.15) is 5.26 Å². The van der Waals surface area contributed by atoms with Crippen LogP contribution in [0.25, 0.3) is 11.1 Å². The van der Waals surface area contributed by atoms with Gasteiger partial charge in [0.05, 0.1) is 16.2 Å². The molecule has 0 radical (unpaired) electrons. The van der Waals surface area contributed by atoms with Gasteiger partial charge in [0.25, 0.3) is 0 Å². The molecule has 3 aromatic rings. The molecule has 0 aliphatic carbocycles. The van der Waals surface area contributed by atoms with Crippen molar-refractivity contribution in [3.05, 3.63) is 81.9 Å². The molecule has 0 saturated carbocycles. The Labute approximate surface area is 153 Å². The highest BCUT2D eigenvalue weighted by Crippen LogP contribution is 2.30. The first-order valence-electron chi connectivity index (χ1n) is 7.61. The Kier molecular flexibility index (Phi) is 5.15. The zero-order valence-electron chi connectivity index (χ0n) is 13.5. The predicted molar refractivity (Wildman–Crippen MR) is 98.0 cm³/mol. The number of hydrogen-bond acceptors (Lipinski definition) is 5. The molecule has 2 N–H and O–H groups in total. The molecule has 0 unspecified atom stereocenters. The quantitative estimate of drug-likeness (QED) is 0.674. The van der Waals surface area contributed by atoms with Crippen molar-refractivity contribution in [2.75, 3.05) is 0 Å². The van der Waals surface area contributed by atoms with Crippen LogP contribution in [0.4, 0.5) is 0 Å². The first-order valence-corrected chi connectivity index (χ1v) is 8.60. The van der Waals surface area contributed by atoms with Gasteiger partial charge >= 0.3 is 5.97 Å². The number of aromatic amines is 1. The van der Waals surface area contributed by atoms with Crippen molar-refractivity contribution in [3.8, 4) is 17.2 Å². The molecule has 0 aliphatic heterocycles. The normalized spacial score (nSPS) is 10.3. The van der Waals surface area contributed by atoms with E-state index in [0.29, 0.717) is 27.5 Å². The number of aromatic carboxylic acids is 1. The van der Waals surface area contributed by atoms with E-state index < -0.39 is 5.97 Å². The molecule has 128 valence electrons. The van der Waals surface area contributed by atoms with Gasteiger partial charge in [-0.15, -0.1) is 11.8 Å². The summed E-state index contributed by atoms with van der Waals surface area (Å²) >= 11 is 1.26. The molecular formula is C19H13N3O3S. The van der Waals surface area contributed by atoms with E-state index in [0.717, 1.165) is 5.56 Å². The second-order valence-corrected chi connectivity index (χ2v) is 6.39. The number of nitriles is 1. The summed E-state index contributed by atoms with van der Waals surface area (Å²) in [6.07, 6.45) is 2.83. The maximum atomic E-state index is 12.0. The number of nitrogens with zero attached hydrogens (tertiary/aromatic N) is 2. The van der Waals surface area contributed by atoms with Crippen molar-refractivity contribution < 1.29 is 9.90 Å². The van der Waals surface area contributed by atoms with Crippen LogP contribution in [0, 0.1) is 11.3 Å². The van der Waals surface area contributed by atoms with Crippen LogP contribution in [0.5, 0.6) is 0 Å². The summed E-state index contributed by atoms with van der Waals surface area (Å²) in [6, 6.07) is 14.3. The van der Waals surface area contributed by atoms with Crippen LogP contribution in [-0.4, -0.2) is 21.0 Å². The summed E-state index contributed by atoms with van der Waals surface area (Å²) in [7, 11) is 0. The fraction of sp³-hybridized carbons (Fsp3) is 0.0526. The molecule has 0 aliphatic rings. The fourth-order valence-electron chi connectivity index (χ4n) is 2.44. The second-order valence-electron chi connectivity index (χ2n) is 5.40. The Morgan fingerprint density at radius 1 is 1.23 bits per heavy atom. The van der Waals surface area contributed by atoms with Gasteiger partial charge in [-0.3, -0.25) is 9.78 Å². The lowest BCUT2D eigenvalue weighted by Gasteiger charge is -2.09. The first kappa shape index (κ1) is 17.5. The summed E-state index contributed by atoms with van der Waals surface area (Å²) in [5, 5.41) is 19.1. The molecule has 6 nitrogen and oxygen atoms in total. The number of benzene rings is 1. The number of pyridine rings is 2. The lowest BCUT2D eigenvalue weighted by molar-refractivity contribution is 0.0696. The first-order chi connectivity index (χ1) is 12.6. The van der Waals surface area contributed by atoms with Crippen LogP contribution in [0.3, 0.4) is 0 Å². The number of carboxylic acid groups (broad SMARTS) is 1. The summed E-state index contributed by atoms with van der Waals surface area (Å²) in [5.41, 5.74) is 2.20. The van der Waals surface area contributed by atoms with Crippen molar-refractivity contribution in [1.82, 2.24) is 9.97 Å². The van der Waals surface area contributed by atoms with Crippen LogP contribution in [0.15, 0.2) is 64.7 Å². The van der Waals surface area contributed by atoms with Crippen LogP contribution >= 0.6 is 11.8 Å². The summed E-state index contributed by atoms with van der Waals surface area (Å²) in [6.45, 7) is 0. The third-order valence-corrected chi connectivity index (χ3v) is 4.70. The van der Waals surface area contributed by atoms with Gasteiger partial charge in [-0.1, -0.05) is 30.3 Å². The average Bonchev–Trinajstić information content (AvgIpc) is 2.66. The highest BCUT2D eigenvalue weighted by molar-refractivity contribution is 7.98. The van der Waals surface area contributed by atoms with Gasteiger partial charge in [0, 0.05) is 29.8 Å². The lowest BCUT2D eigenvalue weighted by Crippen LogP contribution is -2.08. The zero-order valence-corrected chi connectivity index (χ0v) is 14.3. The minimum atomic E-state index is -1.05. The molecule has 0 atom stereocenters. The predicted octanol–water partition coefficient (Wildman–Crippen LogP) is 3.30. The Balaban J connectivity index is 1.95. The second kappa shape index (κ2) is 7.68. The highest BCUT2D eigenvalue weighted by atomic mass is 32.2. The smallest absolute Gasteiger partial charge is 0.337 e. The summed E-state index contributed by atoms with van der Waals surface area (Å²) in [5.74, 6) is -0.682. The Bertz CT molecular complexity index is 1060. The largest absolute Gasteiger partial charge is 0.478 e. The van der Waals surface area contributed by atoms with Gasteiger partial charge in [0.15, 0.2) is 0 Å². The van der Waals surface area contributed by atoms with Crippen LogP contribution < -0.4 is 5.56 Å². The number of aromatic nitrogens is 2. The zero-order chi connectivity index (χ0) is 18.5. The van der Waals surface area contributed by atoms with E-state index >= 15 is 0 Å². The molecule has 0 amide bonds. The number of carbonyl (C=O) groups is 1. The molecule has 0 spiro atoms. The maximum absolute atomic E-state index is 12.0. The van der Waals surface area contributed by atoms with E-state index in [4.69, 9.17) is 5.11 Å². The van der Waals surface area contributed by atoms with Gasteiger partial charge in [-0.05, 0) is 17.2 Å². The van der Waals surface area contributed by atoms with Crippen molar-refractivity contribution in [3.63, 3.8) is 0 Å². The Hall–Kier alpha value is -3.37. The van der Waals surface area contributed by atoms with E-state index in [1.54, 1.807) is 6.20 Å². The lowest BCUT2D eigenvalue weighted by atomic mass is 10.0. The highest BCUT2D eigenvalue weighted by Gasteiger charge is 2.13. The van der Waals surface area contributed by atoms with Crippen molar-refractivity contribution in [2.24, 2.45) is 0 Å².